The van der Waals surface area contributed by atoms with Gasteiger partial charge in [-0.15, -0.1) is 0 Å². The minimum Gasteiger partial charge on any atom is -0.258 e. The molecule has 2 aromatic rings. The molecular weight excluding hydrogens is 398 g/mol. The summed E-state index contributed by atoms with van der Waals surface area (Å²) in [6.07, 6.45) is 0. The van der Waals surface area contributed by atoms with Gasteiger partial charge in [0.2, 0.25) is 11.3 Å². The lowest BCUT2D eigenvalue weighted by molar-refractivity contribution is -0.451. The Labute approximate surface area is 151 Å². The Morgan fingerprint density at radius 2 is 0.821 bits per heavy atom. The molecule has 148 valence electrons. The van der Waals surface area contributed by atoms with Crippen molar-refractivity contribution in [1.29, 1.82) is 0 Å². The quantitative estimate of drug-likeness (QED) is 0.414. The summed E-state index contributed by atoms with van der Waals surface area (Å²) in [6, 6.07) is 3.95. The predicted molar refractivity (Wildman–Crippen MR) is 81.7 cm³/mol. The van der Waals surface area contributed by atoms with E-state index in [4.69, 9.17) is 0 Å². The number of nitrogens with zero attached hydrogens (tertiary/aromatic N) is 2. The van der Waals surface area contributed by atoms with Crippen LogP contribution in [0.3, 0.4) is 0 Å². The first-order valence-electron chi connectivity index (χ1n) is 7.45. The van der Waals surface area contributed by atoms with E-state index in [1.807, 2.05) is 0 Å². The van der Waals surface area contributed by atoms with Gasteiger partial charge in [0.15, 0.2) is 0 Å². The van der Waals surface area contributed by atoms with E-state index in [9.17, 15) is 37.8 Å². The highest BCUT2D eigenvalue weighted by Crippen LogP contribution is 2.76. The van der Waals surface area contributed by atoms with Crippen LogP contribution in [0.25, 0.3) is 0 Å². The first-order chi connectivity index (χ1) is 12.8. The molecule has 1 saturated carbocycles. The van der Waals surface area contributed by atoms with Gasteiger partial charge in [-0.1, -0.05) is 0 Å². The maximum atomic E-state index is 15.3. The Morgan fingerprint density at radius 3 is 1.04 bits per heavy atom. The van der Waals surface area contributed by atoms with Crippen molar-refractivity contribution in [3.63, 3.8) is 0 Å². The average Bonchev–Trinajstić information content (AvgIpc) is 2.66. The van der Waals surface area contributed by atoms with Gasteiger partial charge in [-0.2, -0.15) is 17.6 Å². The van der Waals surface area contributed by atoms with Crippen LogP contribution >= 0.6 is 0 Å². The number of non-ortho nitro benzene ring substituents is 2. The smallest absolute Gasteiger partial charge is 0.258 e. The molecule has 1 aliphatic carbocycles. The Balaban J connectivity index is 2.19. The van der Waals surface area contributed by atoms with Crippen molar-refractivity contribution in [2.45, 2.75) is 23.2 Å². The van der Waals surface area contributed by atoms with Gasteiger partial charge in [-0.25, -0.2) is 8.78 Å². The second-order valence-electron chi connectivity index (χ2n) is 6.07. The number of halogens is 6. The van der Waals surface area contributed by atoms with Crippen LogP contribution in [0.5, 0.6) is 0 Å². The van der Waals surface area contributed by atoms with Gasteiger partial charge in [0.25, 0.3) is 11.4 Å². The highest BCUT2D eigenvalue weighted by Gasteiger charge is 2.98. The topological polar surface area (TPSA) is 86.3 Å². The molecule has 12 heteroatoms. The SMILES string of the molecule is O=[N+]([O-])c1ccc(C2(F)C(F)(F)C(F)(F)C2(F)c2ccc([N+](=O)[O-])cc2)cc1. The molecule has 2 aromatic carbocycles. The molecule has 0 aliphatic heterocycles. The molecule has 0 radical (unpaired) electrons. The third-order valence-corrected chi connectivity index (χ3v) is 4.69. The third kappa shape index (κ3) is 2.05. The fourth-order valence-electron chi connectivity index (χ4n) is 3.19. The maximum absolute atomic E-state index is 15.3. The molecule has 3 rings (SSSR count). The number of alkyl halides is 6. The van der Waals surface area contributed by atoms with Crippen LogP contribution in [0.1, 0.15) is 11.1 Å². The summed E-state index contributed by atoms with van der Waals surface area (Å²) in [5, 5.41) is 21.3. The molecular formula is C16H8F6N2O4. The van der Waals surface area contributed by atoms with E-state index in [-0.39, 0.29) is 0 Å². The molecule has 1 fully saturated rings. The molecule has 1 aliphatic rings. The minimum absolute atomic E-state index is 0.418. The first kappa shape index (κ1) is 19.6. The van der Waals surface area contributed by atoms with Crippen molar-refractivity contribution in [2.24, 2.45) is 0 Å². The van der Waals surface area contributed by atoms with E-state index in [1.54, 1.807) is 0 Å². The highest BCUT2D eigenvalue weighted by atomic mass is 19.3. The number of hydrogen-bond donors (Lipinski definition) is 0. The number of nitro groups is 2. The van der Waals surface area contributed by atoms with Crippen LogP contribution in [-0.4, -0.2) is 21.7 Å². The molecule has 0 aromatic heterocycles. The summed E-state index contributed by atoms with van der Waals surface area (Å²) in [6.45, 7) is 0. The largest absolute Gasteiger partial charge is 0.355 e. The van der Waals surface area contributed by atoms with Crippen molar-refractivity contribution in [1.82, 2.24) is 0 Å². The Kier molecular flexibility index (Phi) is 3.96. The monoisotopic (exact) mass is 406 g/mol. The zero-order valence-electron chi connectivity index (χ0n) is 13.4. The second kappa shape index (κ2) is 5.66. The van der Waals surface area contributed by atoms with E-state index >= 15 is 8.78 Å². The lowest BCUT2D eigenvalue weighted by atomic mass is 9.56. The molecule has 2 unspecified atom stereocenters. The molecule has 6 nitrogen and oxygen atoms in total. The van der Waals surface area contributed by atoms with Crippen LogP contribution in [0.4, 0.5) is 37.7 Å². The highest BCUT2D eigenvalue weighted by molar-refractivity contribution is 5.51. The Morgan fingerprint density at radius 1 is 0.571 bits per heavy atom. The summed E-state index contributed by atoms with van der Waals surface area (Å²) in [5.41, 5.74) is -12.9. The van der Waals surface area contributed by atoms with Crippen molar-refractivity contribution in [2.75, 3.05) is 0 Å². The summed E-state index contributed by atoms with van der Waals surface area (Å²) in [5.74, 6) is -11.0. The van der Waals surface area contributed by atoms with E-state index in [0.29, 0.717) is 48.5 Å². The summed E-state index contributed by atoms with van der Waals surface area (Å²) in [7, 11) is 0. The van der Waals surface area contributed by atoms with E-state index < -0.39 is 55.5 Å². The van der Waals surface area contributed by atoms with Crippen molar-refractivity contribution >= 4 is 11.4 Å². The molecule has 0 bridgehead atoms. The van der Waals surface area contributed by atoms with Gasteiger partial charge in [0.1, 0.15) is 0 Å². The normalized spacial score (nSPS) is 27.6. The second-order valence-corrected chi connectivity index (χ2v) is 6.07. The zero-order chi connectivity index (χ0) is 21.1. The molecule has 28 heavy (non-hydrogen) atoms. The number of rotatable bonds is 4. The molecule has 0 amide bonds. The van der Waals surface area contributed by atoms with Crippen LogP contribution in [0.15, 0.2) is 48.5 Å². The van der Waals surface area contributed by atoms with Gasteiger partial charge in [0.05, 0.1) is 9.85 Å². The lowest BCUT2D eigenvalue weighted by Gasteiger charge is -2.58. The van der Waals surface area contributed by atoms with Crippen molar-refractivity contribution in [3.05, 3.63) is 79.9 Å². The van der Waals surface area contributed by atoms with Gasteiger partial charge in [0, 0.05) is 24.3 Å². The summed E-state index contributed by atoms with van der Waals surface area (Å²) >= 11 is 0. The molecule has 0 spiro atoms. The van der Waals surface area contributed by atoms with E-state index in [1.165, 1.54) is 0 Å². The fourth-order valence-corrected chi connectivity index (χ4v) is 3.19. The summed E-state index contributed by atoms with van der Waals surface area (Å²) < 4.78 is 87.0. The van der Waals surface area contributed by atoms with Crippen molar-refractivity contribution < 1.29 is 36.2 Å². The van der Waals surface area contributed by atoms with Gasteiger partial charge < -0.3 is 0 Å². The molecule has 0 saturated heterocycles. The lowest BCUT2D eigenvalue weighted by Crippen LogP contribution is -2.82. The van der Waals surface area contributed by atoms with Crippen LogP contribution in [-0.2, 0) is 11.3 Å². The van der Waals surface area contributed by atoms with Crippen LogP contribution in [0.2, 0.25) is 0 Å². The average molecular weight is 406 g/mol. The minimum atomic E-state index is -5.49. The van der Waals surface area contributed by atoms with Crippen LogP contribution in [0, 0.1) is 20.2 Å². The molecule has 2 atom stereocenters. The Hall–Kier alpha value is -3.18. The first-order valence-corrected chi connectivity index (χ1v) is 7.45. The number of benzene rings is 2. The third-order valence-electron chi connectivity index (χ3n) is 4.69. The number of hydrogen-bond acceptors (Lipinski definition) is 4. The van der Waals surface area contributed by atoms with Gasteiger partial charge >= 0.3 is 11.8 Å². The maximum Gasteiger partial charge on any atom is 0.355 e. The predicted octanol–water partition coefficient (Wildman–Crippen LogP) is 4.82. The van der Waals surface area contributed by atoms with Gasteiger partial charge in [-0.3, -0.25) is 20.2 Å². The van der Waals surface area contributed by atoms with Crippen molar-refractivity contribution in [3.8, 4) is 0 Å². The van der Waals surface area contributed by atoms with Crippen LogP contribution < -0.4 is 0 Å². The zero-order valence-corrected chi connectivity index (χ0v) is 13.4. The molecule has 0 N–H and O–H groups in total. The number of nitro benzene ring substituents is 2. The Bertz CT molecular complexity index is 887. The standard InChI is InChI=1S/C16H8F6N2O4/c17-13(9-1-5-11(6-2-9)23(25)26)14(18,16(21,22)15(13,19)20)10-3-7-12(8-4-10)24(27)28/h1-8H. The summed E-state index contributed by atoms with van der Waals surface area (Å²) in [4.78, 5) is 19.4. The van der Waals surface area contributed by atoms with E-state index in [0.717, 1.165) is 0 Å². The van der Waals surface area contributed by atoms with Gasteiger partial charge in [-0.05, 0) is 35.4 Å². The van der Waals surface area contributed by atoms with E-state index in [2.05, 4.69) is 0 Å². The fraction of sp³-hybridized carbons (Fsp3) is 0.250. The molecule has 0 heterocycles.